The van der Waals surface area contributed by atoms with Crippen molar-refractivity contribution in [2.45, 2.75) is 44.4 Å². The quantitative estimate of drug-likeness (QED) is 0.660. The normalized spacial score (nSPS) is 19.2. The summed E-state index contributed by atoms with van der Waals surface area (Å²) in [6.45, 7) is 1.91. The molecule has 1 fully saturated rings. The monoisotopic (exact) mass is 376 g/mol. The van der Waals surface area contributed by atoms with E-state index >= 15 is 0 Å². The van der Waals surface area contributed by atoms with E-state index in [1.54, 1.807) is 12.4 Å². The lowest BCUT2D eigenvalue weighted by molar-refractivity contribution is 0.00728. The number of hydrogen-bond acceptors (Lipinski definition) is 5. The van der Waals surface area contributed by atoms with Crippen LogP contribution in [0.5, 0.6) is 0 Å². The van der Waals surface area contributed by atoms with Crippen molar-refractivity contribution in [3.05, 3.63) is 65.7 Å². The van der Waals surface area contributed by atoms with Gasteiger partial charge in [-0.25, -0.2) is 9.67 Å². The molecular formula is C22H24N4O2. The molecule has 1 aliphatic heterocycles. The van der Waals surface area contributed by atoms with Crippen LogP contribution in [0.1, 0.15) is 35.8 Å². The van der Waals surface area contributed by atoms with Crippen LogP contribution in [-0.4, -0.2) is 39.1 Å². The molecule has 2 aromatic heterocycles. The van der Waals surface area contributed by atoms with Crippen LogP contribution < -0.4 is 0 Å². The molecule has 0 bridgehead atoms. The summed E-state index contributed by atoms with van der Waals surface area (Å²) in [6, 6.07) is 12.8. The minimum Gasteiger partial charge on any atom is -0.376 e. The third-order valence-electron chi connectivity index (χ3n) is 5.57. The fourth-order valence-corrected chi connectivity index (χ4v) is 4.14. The molecule has 2 aliphatic rings. The fourth-order valence-electron chi connectivity index (χ4n) is 4.14. The zero-order chi connectivity index (χ0) is 18.8. The highest BCUT2D eigenvalue weighted by atomic mass is 16.5. The number of fused-ring (bicyclic) bond motifs is 1. The Bertz CT molecular complexity index is 910. The van der Waals surface area contributed by atoms with Gasteiger partial charge in [0.1, 0.15) is 6.61 Å². The van der Waals surface area contributed by atoms with Gasteiger partial charge in [0.05, 0.1) is 18.8 Å². The van der Waals surface area contributed by atoms with E-state index in [0.717, 1.165) is 49.5 Å². The molecule has 0 saturated carbocycles. The average molecular weight is 376 g/mol. The molecule has 6 heteroatoms. The molecule has 1 aromatic carbocycles. The molecular weight excluding hydrogens is 352 g/mol. The zero-order valence-electron chi connectivity index (χ0n) is 15.8. The molecule has 0 unspecified atom stereocenters. The lowest BCUT2D eigenvalue weighted by atomic mass is 10.1. The summed E-state index contributed by atoms with van der Waals surface area (Å²) in [5, 5.41) is 4.86. The number of hydrogen-bond donors (Lipinski definition) is 0. The maximum absolute atomic E-state index is 5.97. The molecule has 0 radical (unpaired) electrons. The van der Waals surface area contributed by atoms with Gasteiger partial charge >= 0.3 is 0 Å². The predicted octanol–water partition coefficient (Wildman–Crippen LogP) is 3.38. The van der Waals surface area contributed by atoms with Gasteiger partial charge in [0.2, 0.25) is 0 Å². The standard InChI is InChI=1S/C22H24N4O2/c1-2-5-18-13-19(12-17(18)4-1)26-21(15-27-14-20-6-3-11-28-20)24-22(25-26)16-7-9-23-10-8-16/h1-2,4-5,7-10,19-20H,3,6,11-15H2/t20-/m1/s1. The van der Waals surface area contributed by atoms with Gasteiger partial charge in [-0.05, 0) is 48.9 Å². The zero-order valence-corrected chi connectivity index (χ0v) is 15.8. The second kappa shape index (κ2) is 7.81. The summed E-state index contributed by atoms with van der Waals surface area (Å²) >= 11 is 0. The van der Waals surface area contributed by atoms with Crippen LogP contribution in [0.15, 0.2) is 48.8 Å². The van der Waals surface area contributed by atoms with E-state index in [-0.39, 0.29) is 12.1 Å². The van der Waals surface area contributed by atoms with Gasteiger partial charge in [0.15, 0.2) is 11.6 Å². The molecule has 6 nitrogen and oxygen atoms in total. The van der Waals surface area contributed by atoms with Crippen LogP contribution in [0.3, 0.4) is 0 Å². The van der Waals surface area contributed by atoms with E-state index < -0.39 is 0 Å². The molecule has 1 saturated heterocycles. The number of rotatable bonds is 6. The van der Waals surface area contributed by atoms with Crippen LogP contribution >= 0.6 is 0 Å². The van der Waals surface area contributed by atoms with Crippen LogP contribution in [0.4, 0.5) is 0 Å². The van der Waals surface area contributed by atoms with Gasteiger partial charge in [-0.1, -0.05) is 24.3 Å². The van der Waals surface area contributed by atoms with E-state index in [4.69, 9.17) is 19.6 Å². The van der Waals surface area contributed by atoms with Gasteiger partial charge in [0.25, 0.3) is 0 Å². The number of benzene rings is 1. The first-order chi connectivity index (χ1) is 13.9. The summed E-state index contributed by atoms with van der Waals surface area (Å²) in [7, 11) is 0. The summed E-state index contributed by atoms with van der Waals surface area (Å²) in [4.78, 5) is 8.91. The van der Waals surface area contributed by atoms with Crippen molar-refractivity contribution in [3.63, 3.8) is 0 Å². The smallest absolute Gasteiger partial charge is 0.181 e. The summed E-state index contributed by atoms with van der Waals surface area (Å²) in [6.07, 6.45) is 7.92. The Morgan fingerprint density at radius 1 is 1.07 bits per heavy atom. The minimum absolute atomic E-state index is 0.215. The highest BCUT2D eigenvalue weighted by Crippen LogP contribution is 2.31. The van der Waals surface area contributed by atoms with Crippen molar-refractivity contribution in [2.24, 2.45) is 0 Å². The van der Waals surface area contributed by atoms with Crippen molar-refractivity contribution in [2.75, 3.05) is 13.2 Å². The van der Waals surface area contributed by atoms with Crippen molar-refractivity contribution in [3.8, 4) is 11.4 Å². The first-order valence-electron chi connectivity index (χ1n) is 9.99. The van der Waals surface area contributed by atoms with E-state index in [9.17, 15) is 0 Å². The van der Waals surface area contributed by atoms with Crippen LogP contribution in [-0.2, 0) is 28.9 Å². The molecule has 3 aromatic rings. The number of aromatic nitrogens is 4. The Hall–Kier alpha value is -2.57. The Kier molecular flexibility index (Phi) is 4.89. The van der Waals surface area contributed by atoms with Crippen molar-refractivity contribution in [1.29, 1.82) is 0 Å². The van der Waals surface area contributed by atoms with E-state index in [0.29, 0.717) is 13.2 Å². The van der Waals surface area contributed by atoms with Crippen molar-refractivity contribution < 1.29 is 9.47 Å². The number of ether oxygens (including phenoxy) is 2. The molecule has 0 spiro atoms. The topological polar surface area (TPSA) is 62.1 Å². The van der Waals surface area contributed by atoms with Gasteiger partial charge in [0, 0.05) is 24.6 Å². The van der Waals surface area contributed by atoms with Gasteiger partial charge in [-0.2, -0.15) is 5.10 Å². The second-order valence-electron chi connectivity index (χ2n) is 7.51. The molecule has 144 valence electrons. The highest BCUT2D eigenvalue weighted by molar-refractivity contribution is 5.53. The Labute approximate surface area is 164 Å². The predicted molar refractivity (Wildman–Crippen MR) is 105 cm³/mol. The first kappa shape index (κ1) is 17.5. The molecule has 3 heterocycles. The summed E-state index contributed by atoms with van der Waals surface area (Å²) in [5.41, 5.74) is 3.78. The van der Waals surface area contributed by atoms with E-state index in [2.05, 4.69) is 33.9 Å². The highest BCUT2D eigenvalue weighted by Gasteiger charge is 2.27. The molecule has 0 amide bonds. The summed E-state index contributed by atoms with van der Waals surface area (Å²) < 4.78 is 13.7. The second-order valence-corrected chi connectivity index (χ2v) is 7.51. The van der Waals surface area contributed by atoms with Crippen LogP contribution in [0.25, 0.3) is 11.4 Å². The molecule has 0 N–H and O–H groups in total. The fraction of sp³-hybridized carbons (Fsp3) is 0.409. The van der Waals surface area contributed by atoms with Gasteiger partial charge < -0.3 is 9.47 Å². The van der Waals surface area contributed by atoms with E-state index in [1.165, 1.54) is 11.1 Å². The minimum atomic E-state index is 0.215. The third-order valence-corrected chi connectivity index (χ3v) is 5.57. The maximum atomic E-state index is 5.97. The molecule has 28 heavy (non-hydrogen) atoms. The van der Waals surface area contributed by atoms with E-state index in [1.807, 2.05) is 12.1 Å². The van der Waals surface area contributed by atoms with Crippen molar-refractivity contribution >= 4 is 0 Å². The Balaban J connectivity index is 1.38. The number of pyridine rings is 1. The Morgan fingerprint density at radius 2 is 1.86 bits per heavy atom. The average Bonchev–Trinajstić information content (AvgIpc) is 3.48. The van der Waals surface area contributed by atoms with Gasteiger partial charge in [-0.3, -0.25) is 4.98 Å². The maximum Gasteiger partial charge on any atom is 0.181 e. The van der Waals surface area contributed by atoms with Crippen LogP contribution in [0, 0.1) is 0 Å². The van der Waals surface area contributed by atoms with Gasteiger partial charge in [-0.15, -0.1) is 0 Å². The molecule has 1 atom stereocenters. The third kappa shape index (κ3) is 3.57. The molecule has 5 rings (SSSR count). The molecule has 1 aliphatic carbocycles. The van der Waals surface area contributed by atoms with Crippen LogP contribution in [0.2, 0.25) is 0 Å². The lowest BCUT2D eigenvalue weighted by Gasteiger charge is -2.14. The van der Waals surface area contributed by atoms with Crippen molar-refractivity contribution in [1.82, 2.24) is 19.7 Å². The first-order valence-corrected chi connectivity index (χ1v) is 9.99. The Morgan fingerprint density at radius 3 is 2.57 bits per heavy atom. The number of nitrogens with zero attached hydrogens (tertiary/aromatic N) is 4. The largest absolute Gasteiger partial charge is 0.376 e. The lowest BCUT2D eigenvalue weighted by Crippen LogP contribution is -2.18. The SMILES string of the molecule is c1ccc2c(c1)CC(n1nc(-c3ccncc3)nc1COC[C@H]1CCCO1)C2. The summed E-state index contributed by atoms with van der Waals surface area (Å²) in [5.74, 6) is 1.61.